The van der Waals surface area contributed by atoms with Crippen molar-refractivity contribution in [3.63, 3.8) is 0 Å². The predicted octanol–water partition coefficient (Wildman–Crippen LogP) is 1.95. The molecule has 0 saturated heterocycles. The van der Waals surface area contributed by atoms with Crippen LogP contribution in [0.3, 0.4) is 0 Å². The summed E-state index contributed by atoms with van der Waals surface area (Å²) in [5, 5.41) is 2.72. The fourth-order valence-electron chi connectivity index (χ4n) is 1.55. The molecule has 0 aliphatic carbocycles. The van der Waals surface area contributed by atoms with E-state index in [1.807, 2.05) is 12.1 Å². The maximum atomic E-state index is 13.5. The molecule has 2 rings (SSSR count). The zero-order valence-corrected chi connectivity index (χ0v) is 9.74. The monoisotopic (exact) mass is 232 g/mol. The van der Waals surface area contributed by atoms with Crippen molar-refractivity contribution in [2.45, 2.75) is 13.3 Å². The van der Waals surface area contributed by atoms with Crippen molar-refractivity contribution in [1.29, 1.82) is 0 Å². The van der Waals surface area contributed by atoms with E-state index in [-0.39, 0.29) is 5.82 Å². The van der Waals surface area contributed by atoms with Crippen LogP contribution in [0.15, 0.2) is 24.5 Å². The summed E-state index contributed by atoms with van der Waals surface area (Å²) in [5.41, 5.74) is 1.40. The third kappa shape index (κ3) is 2.55. The maximum absolute atomic E-state index is 13.5. The van der Waals surface area contributed by atoms with Gasteiger partial charge in [0.05, 0.1) is 5.69 Å². The van der Waals surface area contributed by atoms with E-state index in [4.69, 9.17) is 0 Å². The van der Waals surface area contributed by atoms with Crippen molar-refractivity contribution in [2.24, 2.45) is 0 Å². The summed E-state index contributed by atoms with van der Waals surface area (Å²) in [7, 11) is 1.64. The van der Waals surface area contributed by atoms with Crippen LogP contribution in [0, 0.1) is 12.7 Å². The maximum Gasteiger partial charge on any atom is 0.186 e. The zero-order chi connectivity index (χ0) is 12.3. The Labute approximate surface area is 99.0 Å². The molecule has 17 heavy (non-hydrogen) atoms. The first-order valence-corrected chi connectivity index (χ1v) is 5.30. The smallest absolute Gasteiger partial charge is 0.186 e. The molecule has 0 amide bonds. The van der Waals surface area contributed by atoms with E-state index in [0.29, 0.717) is 17.9 Å². The second kappa shape index (κ2) is 4.86. The lowest BCUT2D eigenvalue weighted by atomic mass is 10.2. The largest absolute Gasteiger partial charge is 0.371 e. The minimum Gasteiger partial charge on any atom is -0.371 e. The van der Waals surface area contributed by atoms with Gasteiger partial charge in [-0.25, -0.2) is 14.4 Å². The Morgan fingerprint density at radius 3 is 2.59 bits per heavy atom. The third-order valence-corrected chi connectivity index (χ3v) is 2.41. The van der Waals surface area contributed by atoms with E-state index >= 15 is 0 Å². The van der Waals surface area contributed by atoms with Crippen LogP contribution >= 0.6 is 0 Å². The first-order valence-electron chi connectivity index (χ1n) is 5.30. The van der Waals surface area contributed by atoms with Crippen molar-refractivity contribution in [1.82, 2.24) is 15.0 Å². The van der Waals surface area contributed by atoms with Gasteiger partial charge >= 0.3 is 0 Å². The third-order valence-electron chi connectivity index (χ3n) is 2.41. The number of anilines is 1. The van der Waals surface area contributed by atoms with E-state index in [2.05, 4.69) is 20.3 Å². The van der Waals surface area contributed by atoms with Crippen LogP contribution in [-0.4, -0.2) is 22.0 Å². The number of halogens is 1. The van der Waals surface area contributed by atoms with Crippen molar-refractivity contribution in [2.75, 3.05) is 12.4 Å². The van der Waals surface area contributed by atoms with Crippen LogP contribution < -0.4 is 5.32 Å². The molecule has 0 saturated carbocycles. The first-order chi connectivity index (χ1) is 8.20. The molecule has 0 bridgehead atoms. The number of aryl methyl sites for hydroxylation is 1. The number of aromatic nitrogens is 3. The molecule has 0 unspecified atom stereocenters. The van der Waals surface area contributed by atoms with Crippen molar-refractivity contribution < 1.29 is 4.39 Å². The van der Waals surface area contributed by atoms with Crippen LogP contribution in [0.1, 0.15) is 17.1 Å². The summed E-state index contributed by atoms with van der Waals surface area (Å²) >= 11 is 0. The van der Waals surface area contributed by atoms with E-state index in [1.54, 1.807) is 26.4 Å². The van der Waals surface area contributed by atoms with Crippen LogP contribution in [0.5, 0.6) is 0 Å². The summed E-state index contributed by atoms with van der Waals surface area (Å²) in [6, 6.07) is 3.78. The highest BCUT2D eigenvalue weighted by atomic mass is 19.1. The van der Waals surface area contributed by atoms with Crippen molar-refractivity contribution in [3.8, 4) is 0 Å². The second-order valence-corrected chi connectivity index (χ2v) is 3.67. The Hall–Kier alpha value is -2.04. The fraction of sp³-hybridized carbons (Fsp3) is 0.250. The molecule has 2 aromatic rings. The van der Waals surface area contributed by atoms with E-state index < -0.39 is 5.82 Å². The second-order valence-electron chi connectivity index (χ2n) is 3.67. The van der Waals surface area contributed by atoms with Crippen molar-refractivity contribution in [3.05, 3.63) is 47.4 Å². The Morgan fingerprint density at radius 2 is 1.94 bits per heavy atom. The highest BCUT2D eigenvalue weighted by Gasteiger charge is 2.10. The minimum atomic E-state index is -0.397. The van der Waals surface area contributed by atoms with Gasteiger partial charge in [-0.05, 0) is 24.6 Å². The van der Waals surface area contributed by atoms with Gasteiger partial charge in [0.1, 0.15) is 5.82 Å². The SMILES string of the molecule is CNc1nc(Cc2ccncc2)nc(C)c1F. The van der Waals surface area contributed by atoms with Crippen LogP contribution in [0.2, 0.25) is 0 Å². The molecule has 0 aromatic carbocycles. The average molecular weight is 232 g/mol. The lowest BCUT2D eigenvalue weighted by Gasteiger charge is -2.07. The Bertz CT molecular complexity index is 513. The van der Waals surface area contributed by atoms with Gasteiger partial charge in [-0.1, -0.05) is 0 Å². The number of rotatable bonds is 3. The highest BCUT2D eigenvalue weighted by Crippen LogP contribution is 2.14. The molecule has 0 aliphatic heterocycles. The van der Waals surface area contributed by atoms with Crippen LogP contribution in [-0.2, 0) is 6.42 Å². The Morgan fingerprint density at radius 1 is 1.24 bits per heavy atom. The summed E-state index contributed by atoms with van der Waals surface area (Å²) in [6.45, 7) is 1.63. The predicted molar refractivity (Wildman–Crippen MR) is 63.3 cm³/mol. The molecule has 0 spiro atoms. The molecule has 1 N–H and O–H groups in total. The van der Waals surface area contributed by atoms with Gasteiger partial charge < -0.3 is 5.32 Å². The van der Waals surface area contributed by atoms with Gasteiger partial charge in [0.15, 0.2) is 11.6 Å². The number of hydrogen-bond acceptors (Lipinski definition) is 4. The quantitative estimate of drug-likeness (QED) is 0.878. The molecule has 0 fully saturated rings. The van der Waals surface area contributed by atoms with Gasteiger partial charge in [0, 0.05) is 25.9 Å². The van der Waals surface area contributed by atoms with Crippen LogP contribution in [0.4, 0.5) is 10.2 Å². The molecule has 5 heteroatoms. The van der Waals surface area contributed by atoms with E-state index in [9.17, 15) is 4.39 Å². The molecule has 4 nitrogen and oxygen atoms in total. The molecular weight excluding hydrogens is 219 g/mol. The normalized spacial score (nSPS) is 10.3. The van der Waals surface area contributed by atoms with E-state index in [0.717, 1.165) is 5.56 Å². The number of nitrogens with zero attached hydrogens (tertiary/aromatic N) is 3. The Kier molecular flexibility index (Phi) is 3.27. The molecule has 2 aromatic heterocycles. The summed E-state index contributed by atoms with van der Waals surface area (Å²) in [5.74, 6) is 0.437. The first kappa shape index (κ1) is 11.4. The lowest BCUT2D eigenvalue weighted by Crippen LogP contribution is -2.06. The Balaban J connectivity index is 2.31. The summed E-state index contributed by atoms with van der Waals surface area (Å²) in [6.07, 6.45) is 3.99. The zero-order valence-electron chi connectivity index (χ0n) is 9.74. The molecule has 88 valence electrons. The minimum absolute atomic E-state index is 0.238. The van der Waals surface area contributed by atoms with E-state index in [1.165, 1.54) is 0 Å². The van der Waals surface area contributed by atoms with Gasteiger partial charge in [-0.15, -0.1) is 0 Å². The number of hydrogen-bond donors (Lipinski definition) is 1. The summed E-state index contributed by atoms with van der Waals surface area (Å²) < 4.78 is 13.5. The molecule has 0 radical (unpaired) electrons. The van der Waals surface area contributed by atoms with Gasteiger partial charge in [0.25, 0.3) is 0 Å². The highest BCUT2D eigenvalue weighted by molar-refractivity contribution is 5.37. The molecule has 0 aliphatic rings. The van der Waals surface area contributed by atoms with Crippen molar-refractivity contribution >= 4 is 5.82 Å². The number of pyridine rings is 1. The standard InChI is InChI=1S/C12H13FN4/c1-8-11(13)12(14-2)17-10(16-8)7-9-3-5-15-6-4-9/h3-6H,7H2,1-2H3,(H,14,16,17). The molecule has 0 atom stereocenters. The van der Waals surface area contributed by atoms with Gasteiger partial charge in [0.2, 0.25) is 0 Å². The lowest BCUT2D eigenvalue weighted by molar-refractivity contribution is 0.602. The van der Waals surface area contributed by atoms with Gasteiger partial charge in [-0.2, -0.15) is 0 Å². The summed E-state index contributed by atoms with van der Waals surface area (Å²) in [4.78, 5) is 12.2. The van der Waals surface area contributed by atoms with Gasteiger partial charge in [-0.3, -0.25) is 4.98 Å². The number of nitrogens with one attached hydrogen (secondary N) is 1. The van der Waals surface area contributed by atoms with Crippen LogP contribution in [0.25, 0.3) is 0 Å². The topological polar surface area (TPSA) is 50.7 Å². The molecular formula is C12H13FN4. The average Bonchev–Trinajstić information content (AvgIpc) is 2.35. The fourth-order valence-corrected chi connectivity index (χ4v) is 1.55. The molecule has 2 heterocycles.